The van der Waals surface area contributed by atoms with Crippen molar-refractivity contribution in [1.82, 2.24) is 0 Å². The highest BCUT2D eigenvalue weighted by atomic mass is 16.5. The standard InChI is InChI=1S/C13H18O/c1-13(2,3)11-7-5-4-6-10(11)12-8-9-14-12/h4-7,12H,8-9H2,1-3H3. The molecule has 0 bridgehead atoms. The van der Waals surface area contributed by atoms with Gasteiger partial charge >= 0.3 is 0 Å². The molecule has 0 radical (unpaired) electrons. The van der Waals surface area contributed by atoms with E-state index in [0.717, 1.165) is 6.61 Å². The van der Waals surface area contributed by atoms with E-state index in [4.69, 9.17) is 4.74 Å². The van der Waals surface area contributed by atoms with Gasteiger partial charge in [-0.05, 0) is 16.5 Å². The molecule has 1 aromatic rings. The van der Waals surface area contributed by atoms with Crippen LogP contribution in [0.5, 0.6) is 0 Å². The van der Waals surface area contributed by atoms with Gasteiger partial charge in [-0.3, -0.25) is 0 Å². The van der Waals surface area contributed by atoms with Gasteiger partial charge in [0.25, 0.3) is 0 Å². The quantitative estimate of drug-likeness (QED) is 0.659. The molecule has 0 N–H and O–H groups in total. The van der Waals surface area contributed by atoms with E-state index in [1.807, 2.05) is 0 Å². The SMILES string of the molecule is CC(C)(C)c1ccccc1C1CCO1. The molecule has 1 aromatic carbocycles. The highest BCUT2D eigenvalue weighted by molar-refractivity contribution is 5.35. The van der Waals surface area contributed by atoms with Gasteiger partial charge in [0.1, 0.15) is 0 Å². The Morgan fingerprint density at radius 3 is 2.36 bits per heavy atom. The third kappa shape index (κ3) is 1.69. The predicted octanol–water partition coefficient (Wildman–Crippen LogP) is 3.45. The molecule has 1 saturated heterocycles. The molecule has 0 saturated carbocycles. The van der Waals surface area contributed by atoms with Gasteiger partial charge in [-0.25, -0.2) is 0 Å². The third-order valence-corrected chi connectivity index (χ3v) is 2.81. The zero-order valence-corrected chi connectivity index (χ0v) is 9.21. The molecule has 2 rings (SSSR count). The van der Waals surface area contributed by atoms with Crippen molar-refractivity contribution < 1.29 is 4.74 Å². The molecular formula is C13H18O. The monoisotopic (exact) mass is 190 g/mol. The van der Waals surface area contributed by atoms with Crippen molar-refractivity contribution in [3.63, 3.8) is 0 Å². The van der Waals surface area contributed by atoms with E-state index in [9.17, 15) is 0 Å². The van der Waals surface area contributed by atoms with Crippen LogP contribution < -0.4 is 0 Å². The van der Waals surface area contributed by atoms with Crippen LogP contribution in [0.3, 0.4) is 0 Å². The molecule has 1 heterocycles. The fraction of sp³-hybridized carbons (Fsp3) is 0.538. The molecular weight excluding hydrogens is 172 g/mol. The minimum Gasteiger partial charge on any atom is -0.373 e. The van der Waals surface area contributed by atoms with Crippen molar-refractivity contribution in [2.24, 2.45) is 0 Å². The summed E-state index contributed by atoms with van der Waals surface area (Å²) in [5.74, 6) is 0. The van der Waals surface area contributed by atoms with Crippen LogP contribution in [0.1, 0.15) is 44.4 Å². The summed E-state index contributed by atoms with van der Waals surface area (Å²) in [5, 5.41) is 0. The first-order valence-electron chi connectivity index (χ1n) is 5.30. The lowest BCUT2D eigenvalue weighted by Gasteiger charge is -2.32. The van der Waals surface area contributed by atoms with Gasteiger partial charge < -0.3 is 4.74 Å². The van der Waals surface area contributed by atoms with Crippen LogP contribution in [0.2, 0.25) is 0 Å². The van der Waals surface area contributed by atoms with Crippen molar-refractivity contribution in [3.05, 3.63) is 35.4 Å². The van der Waals surface area contributed by atoms with Crippen molar-refractivity contribution >= 4 is 0 Å². The lowest BCUT2D eigenvalue weighted by atomic mass is 9.81. The molecule has 1 atom stereocenters. The topological polar surface area (TPSA) is 9.23 Å². The van der Waals surface area contributed by atoms with Crippen LogP contribution in [0, 0.1) is 0 Å². The fourth-order valence-electron chi connectivity index (χ4n) is 1.94. The van der Waals surface area contributed by atoms with Gasteiger partial charge in [0, 0.05) is 6.42 Å². The Balaban J connectivity index is 2.38. The largest absolute Gasteiger partial charge is 0.373 e. The first kappa shape index (κ1) is 9.72. The van der Waals surface area contributed by atoms with E-state index in [-0.39, 0.29) is 5.41 Å². The summed E-state index contributed by atoms with van der Waals surface area (Å²) in [6.45, 7) is 7.68. The Morgan fingerprint density at radius 1 is 1.21 bits per heavy atom. The maximum absolute atomic E-state index is 5.55. The molecule has 1 unspecified atom stereocenters. The number of benzene rings is 1. The van der Waals surface area contributed by atoms with Crippen molar-refractivity contribution in [3.8, 4) is 0 Å². The second-order valence-electron chi connectivity index (χ2n) is 4.99. The van der Waals surface area contributed by atoms with Crippen molar-refractivity contribution in [2.45, 2.75) is 38.7 Å². The first-order valence-corrected chi connectivity index (χ1v) is 5.30. The van der Waals surface area contributed by atoms with Crippen LogP contribution in [0.15, 0.2) is 24.3 Å². The Kier molecular flexibility index (Phi) is 2.36. The van der Waals surface area contributed by atoms with Gasteiger partial charge in [0.05, 0.1) is 12.7 Å². The number of hydrogen-bond donors (Lipinski definition) is 0. The maximum atomic E-state index is 5.55. The number of rotatable bonds is 1. The molecule has 0 amide bonds. The van der Waals surface area contributed by atoms with E-state index < -0.39 is 0 Å². The van der Waals surface area contributed by atoms with Crippen LogP contribution in [0.4, 0.5) is 0 Å². The molecule has 14 heavy (non-hydrogen) atoms. The summed E-state index contributed by atoms with van der Waals surface area (Å²) in [6, 6.07) is 8.64. The summed E-state index contributed by atoms with van der Waals surface area (Å²) in [5.41, 5.74) is 3.02. The zero-order chi connectivity index (χ0) is 10.2. The highest BCUT2D eigenvalue weighted by Crippen LogP contribution is 2.36. The maximum Gasteiger partial charge on any atom is 0.0849 e. The van der Waals surface area contributed by atoms with Gasteiger partial charge in [-0.1, -0.05) is 45.0 Å². The number of hydrogen-bond acceptors (Lipinski definition) is 1. The Hall–Kier alpha value is -0.820. The Morgan fingerprint density at radius 2 is 1.86 bits per heavy atom. The molecule has 1 nitrogen and oxygen atoms in total. The van der Waals surface area contributed by atoms with Crippen molar-refractivity contribution in [2.75, 3.05) is 6.61 Å². The van der Waals surface area contributed by atoms with Crippen LogP contribution in [0.25, 0.3) is 0 Å². The summed E-state index contributed by atoms with van der Waals surface area (Å²) in [7, 11) is 0. The highest BCUT2D eigenvalue weighted by Gasteiger charge is 2.26. The Bertz CT molecular complexity index is 318. The first-order chi connectivity index (χ1) is 6.59. The molecule has 1 fully saturated rings. The molecule has 0 aliphatic carbocycles. The van der Waals surface area contributed by atoms with Crippen LogP contribution >= 0.6 is 0 Å². The molecule has 1 aliphatic heterocycles. The Labute approximate surface area is 86.1 Å². The van der Waals surface area contributed by atoms with Crippen LogP contribution in [-0.4, -0.2) is 6.61 Å². The lowest BCUT2D eigenvalue weighted by Crippen LogP contribution is -2.23. The lowest BCUT2D eigenvalue weighted by molar-refractivity contribution is -0.0535. The zero-order valence-electron chi connectivity index (χ0n) is 9.21. The third-order valence-electron chi connectivity index (χ3n) is 2.81. The van der Waals surface area contributed by atoms with E-state index in [0.29, 0.717) is 6.10 Å². The van der Waals surface area contributed by atoms with Gasteiger partial charge in [-0.15, -0.1) is 0 Å². The molecule has 0 aromatic heterocycles. The summed E-state index contributed by atoms with van der Waals surface area (Å²) in [6.07, 6.45) is 1.53. The minimum atomic E-state index is 0.218. The molecule has 1 heteroatoms. The second-order valence-corrected chi connectivity index (χ2v) is 4.99. The average molecular weight is 190 g/mol. The van der Waals surface area contributed by atoms with E-state index in [2.05, 4.69) is 45.0 Å². The van der Waals surface area contributed by atoms with E-state index in [1.165, 1.54) is 17.5 Å². The van der Waals surface area contributed by atoms with Gasteiger partial charge in [-0.2, -0.15) is 0 Å². The average Bonchev–Trinajstić information content (AvgIpc) is 2.00. The minimum absolute atomic E-state index is 0.218. The summed E-state index contributed by atoms with van der Waals surface area (Å²) >= 11 is 0. The van der Waals surface area contributed by atoms with Gasteiger partial charge in [0.15, 0.2) is 0 Å². The second kappa shape index (κ2) is 3.39. The molecule has 76 valence electrons. The summed E-state index contributed by atoms with van der Waals surface area (Å²) < 4.78 is 5.55. The van der Waals surface area contributed by atoms with Crippen LogP contribution in [-0.2, 0) is 10.2 Å². The smallest absolute Gasteiger partial charge is 0.0849 e. The fourth-order valence-corrected chi connectivity index (χ4v) is 1.94. The number of ether oxygens (including phenoxy) is 1. The predicted molar refractivity (Wildman–Crippen MR) is 58.5 cm³/mol. The molecule has 1 aliphatic rings. The van der Waals surface area contributed by atoms with Crippen molar-refractivity contribution in [1.29, 1.82) is 0 Å². The molecule has 0 spiro atoms. The summed E-state index contributed by atoms with van der Waals surface area (Å²) in [4.78, 5) is 0. The van der Waals surface area contributed by atoms with E-state index in [1.54, 1.807) is 0 Å². The van der Waals surface area contributed by atoms with E-state index >= 15 is 0 Å². The normalized spacial score (nSPS) is 21.8. The van der Waals surface area contributed by atoms with Gasteiger partial charge in [0.2, 0.25) is 0 Å².